The minimum atomic E-state index is -4.17. The molecule has 0 spiro atoms. The van der Waals surface area contributed by atoms with E-state index in [0.717, 1.165) is 38.2 Å². The first-order valence-electron chi connectivity index (χ1n) is 12.5. The monoisotopic (exact) mass is 629 g/mol. The molecule has 1 amide bonds. The summed E-state index contributed by atoms with van der Waals surface area (Å²) in [6.45, 7) is 1.80. The third-order valence-electron chi connectivity index (χ3n) is 6.51. The van der Waals surface area contributed by atoms with Crippen LogP contribution in [0, 0.1) is 0 Å². The molecule has 0 aliphatic carbocycles. The first kappa shape index (κ1) is 29.1. The van der Waals surface area contributed by atoms with Gasteiger partial charge in [-0.15, -0.1) is 11.3 Å². The number of aromatic nitrogens is 2. The first-order valence-corrected chi connectivity index (χ1v) is 15.7. The van der Waals surface area contributed by atoms with Gasteiger partial charge in [-0.05, 0) is 72.3 Å². The topological polar surface area (TPSA) is 111 Å². The Morgan fingerprint density at radius 2 is 1.71 bits per heavy atom. The Bertz CT molecular complexity index is 1850. The van der Waals surface area contributed by atoms with Gasteiger partial charge in [0.1, 0.15) is 5.75 Å². The highest BCUT2D eigenvalue weighted by Crippen LogP contribution is 2.36. The number of nitrogens with zero attached hydrogens (tertiary/aromatic N) is 2. The molecule has 8 nitrogen and oxygen atoms in total. The number of thiophene rings is 1. The molecular weight excluding hydrogens is 605 g/mol. The zero-order valence-electron chi connectivity index (χ0n) is 22.0. The smallest absolute Gasteiger partial charge is 0.266 e. The van der Waals surface area contributed by atoms with Gasteiger partial charge in [-0.2, -0.15) is 13.5 Å². The predicted molar refractivity (Wildman–Crippen MR) is 164 cm³/mol. The van der Waals surface area contributed by atoms with Crippen LogP contribution in [0.1, 0.15) is 27.5 Å². The summed E-state index contributed by atoms with van der Waals surface area (Å²) in [4.78, 5) is 13.9. The number of benzene rings is 3. The van der Waals surface area contributed by atoms with E-state index in [2.05, 4.69) is 11.4 Å². The summed E-state index contributed by atoms with van der Waals surface area (Å²) in [5.74, 6) is -0.199. The molecule has 2 N–H and O–H groups in total. The fraction of sp³-hybridized carbons (Fsp3) is 0.172. The Hall–Kier alpha value is -3.41. The van der Waals surface area contributed by atoms with Gasteiger partial charge >= 0.3 is 0 Å². The van der Waals surface area contributed by atoms with Gasteiger partial charge in [0.05, 0.1) is 35.2 Å². The SMILES string of the molecule is COc1ccc2cc(-c3cc(-c4cc(Cl)cc(Cl)c4)nn3[C@@H](C)c3ccc(C(=O)NCCS(=O)(=O)O)s3)ccc2c1. The number of methoxy groups -OCH3 is 1. The number of ether oxygens (including phenoxy) is 1. The molecule has 0 saturated heterocycles. The summed E-state index contributed by atoms with van der Waals surface area (Å²) in [6.07, 6.45) is 0. The number of halogens is 2. The second-order valence-electron chi connectivity index (χ2n) is 9.37. The van der Waals surface area contributed by atoms with Gasteiger partial charge in [0.2, 0.25) is 0 Å². The standard InChI is InChI=1S/C29H25Cl2N3O5S2/c1-17(27-7-8-28(40-27)29(35)32-9-10-41(36,37)38)34-26(16-25(33-34)21-12-22(30)15-23(31)13-21)20-4-3-19-14-24(39-2)6-5-18(19)11-20/h3-8,11-17H,9-10H2,1-2H3,(H,32,35)(H,36,37,38)/t17-/m0/s1. The molecule has 0 bridgehead atoms. The lowest BCUT2D eigenvalue weighted by Gasteiger charge is -2.15. The van der Waals surface area contributed by atoms with Crippen LogP contribution in [0.5, 0.6) is 5.75 Å². The predicted octanol–water partition coefficient (Wildman–Crippen LogP) is 6.97. The third kappa shape index (κ3) is 6.74. The minimum absolute atomic E-state index is 0.191. The third-order valence-corrected chi connectivity index (χ3v) is 8.92. The van der Waals surface area contributed by atoms with Gasteiger partial charge in [0, 0.05) is 32.6 Å². The van der Waals surface area contributed by atoms with Crippen LogP contribution in [0.4, 0.5) is 0 Å². The quantitative estimate of drug-likeness (QED) is 0.170. The Labute approximate surface area is 251 Å². The highest BCUT2D eigenvalue weighted by molar-refractivity contribution is 7.85. The lowest BCUT2D eigenvalue weighted by Crippen LogP contribution is -2.28. The molecule has 0 fully saturated rings. The van der Waals surface area contributed by atoms with Crippen LogP contribution in [0.25, 0.3) is 33.3 Å². The van der Waals surface area contributed by atoms with Crippen molar-refractivity contribution in [2.24, 2.45) is 0 Å². The molecule has 1 atom stereocenters. The molecular formula is C29H25Cl2N3O5S2. The van der Waals surface area contributed by atoms with Gasteiger partial charge in [-0.1, -0.05) is 41.4 Å². The molecule has 0 aliphatic rings. The highest BCUT2D eigenvalue weighted by atomic mass is 35.5. The van der Waals surface area contributed by atoms with E-state index in [0.29, 0.717) is 20.6 Å². The van der Waals surface area contributed by atoms with Crippen LogP contribution in [0.15, 0.2) is 72.8 Å². The van der Waals surface area contributed by atoms with E-state index < -0.39 is 21.8 Å². The molecule has 0 radical (unpaired) electrons. The summed E-state index contributed by atoms with van der Waals surface area (Å²) < 4.78 is 38.1. The largest absolute Gasteiger partial charge is 0.497 e. The minimum Gasteiger partial charge on any atom is -0.497 e. The van der Waals surface area contributed by atoms with Crippen molar-refractivity contribution in [2.45, 2.75) is 13.0 Å². The molecule has 0 saturated carbocycles. The molecule has 0 aliphatic heterocycles. The number of carbonyl (C=O) groups excluding carboxylic acids is 1. The normalized spacial score (nSPS) is 12.4. The van der Waals surface area contributed by atoms with Crippen molar-refractivity contribution in [2.75, 3.05) is 19.4 Å². The van der Waals surface area contributed by atoms with Crippen molar-refractivity contribution in [3.63, 3.8) is 0 Å². The molecule has 12 heteroatoms. The molecule has 5 aromatic rings. The Morgan fingerprint density at radius 1 is 1.00 bits per heavy atom. The maximum absolute atomic E-state index is 12.6. The van der Waals surface area contributed by atoms with E-state index in [1.807, 2.05) is 54.1 Å². The van der Waals surface area contributed by atoms with Gasteiger partial charge in [0.25, 0.3) is 16.0 Å². The summed E-state index contributed by atoms with van der Waals surface area (Å²) in [7, 11) is -2.53. The zero-order chi connectivity index (χ0) is 29.3. The van der Waals surface area contributed by atoms with Gasteiger partial charge in [0.15, 0.2) is 0 Å². The fourth-order valence-electron chi connectivity index (χ4n) is 4.46. The molecule has 2 heterocycles. The Balaban J connectivity index is 1.53. The van der Waals surface area contributed by atoms with E-state index in [4.69, 9.17) is 37.6 Å². The number of hydrogen-bond donors (Lipinski definition) is 2. The lowest BCUT2D eigenvalue weighted by atomic mass is 10.0. The van der Waals surface area contributed by atoms with E-state index in [-0.39, 0.29) is 12.6 Å². The second-order valence-corrected chi connectivity index (χ2v) is 12.9. The average molecular weight is 631 g/mol. The van der Waals surface area contributed by atoms with Gasteiger partial charge in [-0.25, -0.2) is 0 Å². The maximum atomic E-state index is 12.6. The second kappa shape index (κ2) is 11.8. The number of nitrogens with one attached hydrogen (secondary N) is 1. The van der Waals surface area contributed by atoms with Gasteiger partial charge in [-0.3, -0.25) is 14.0 Å². The lowest BCUT2D eigenvalue weighted by molar-refractivity contribution is 0.0960. The Kier molecular flexibility index (Phi) is 8.40. The zero-order valence-corrected chi connectivity index (χ0v) is 25.1. The fourth-order valence-corrected chi connectivity index (χ4v) is 6.31. The van der Waals surface area contributed by atoms with Crippen LogP contribution in [-0.2, 0) is 10.1 Å². The van der Waals surface area contributed by atoms with E-state index in [1.165, 1.54) is 11.3 Å². The summed E-state index contributed by atoms with van der Waals surface area (Å²) in [6, 6.07) is 22.6. The number of amides is 1. The number of fused-ring (bicyclic) bond motifs is 1. The molecule has 41 heavy (non-hydrogen) atoms. The van der Waals surface area contributed by atoms with Crippen LogP contribution in [0.3, 0.4) is 0 Å². The molecule has 5 rings (SSSR count). The van der Waals surface area contributed by atoms with Crippen LogP contribution in [0.2, 0.25) is 10.0 Å². The van der Waals surface area contributed by atoms with Crippen molar-refractivity contribution in [3.8, 4) is 28.3 Å². The summed E-state index contributed by atoms with van der Waals surface area (Å²) in [5.41, 5.74) is 3.26. The van der Waals surface area contributed by atoms with Crippen molar-refractivity contribution in [3.05, 3.63) is 92.6 Å². The molecule has 2 aromatic heterocycles. The molecule has 3 aromatic carbocycles. The van der Waals surface area contributed by atoms with E-state index in [1.54, 1.807) is 31.4 Å². The van der Waals surface area contributed by atoms with Crippen molar-refractivity contribution in [1.29, 1.82) is 0 Å². The maximum Gasteiger partial charge on any atom is 0.266 e. The number of hydrogen-bond acceptors (Lipinski definition) is 6. The number of carbonyl (C=O) groups is 1. The van der Waals surface area contributed by atoms with Crippen LogP contribution < -0.4 is 10.1 Å². The molecule has 0 unspecified atom stereocenters. The van der Waals surface area contributed by atoms with Crippen molar-refractivity contribution < 1.29 is 22.5 Å². The van der Waals surface area contributed by atoms with E-state index >= 15 is 0 Å². The Morgan fingerprint density at radius 3 is 2.41 bits per heavy atom. The van der Waals surface area contributed by atoms with Crippen molar-refractivity contribution >= 4 is 61.3 Å². The average Bonchev–Trinajstić information content (AvgIpc) is 3.59. The van der Waals surface area contributed by atoms with Crippen molar-refractivity contribution in [1.82, 2.24) is 15.1 Å². The first-order chi connectivity index (χ1) is 19.5. The van der Waals surface area contributed by atoms with Gasteiger partial charge < -0.3 is 10.1 Å². The van der Waals surface area contributed by atoms with E-state index in [9.17, 15) is 13.2 Å². The molecule has 212 valence electrons. The summed E-state index contributed by atoms with van der Waals surface area (Å²) in [5, 5.41) is 10.5. The van der Waals surface area contributed by atoms with Crippen LogP contribution >= 0.6 is 34.5 Å². The number of rotatable bonds is 9. The summed E-state index contributed by atoms with van der Waals surface area (Å²) >= 11 is 13.9. The van der Waals surface area contributed by atoms with Crippen LogP contribution in [-0.4, -0.2) is 48.1 Å². The highest BCUT2D eigenvalue weighted by Gasteiger charge is 2.21.